The van der Waals surface area contributed by atoms with Crippen LogP contribution in [0.2, 0.25) is 5.02 Å². The van der Waals surface area contributed by atoms with E-state index < -0.39 is 10.8 Å². The number of para-hydroxylation sites is 1. The maximum Gasteiger partial charge on any atom is 0.285 e. The van der Waals surface area contributed by atoms with E-state index in [-0.39, 0.29) is 17.3 Å². The second kappa shape index (κ2) is 6.58. The number of carbonyl (C=O) groups excluding carboxylic acids is 1. The van der Waals surface area contributed by atoms with E-state index >= 15 is 0 Å². The van der Waals surface area contributed by atoms with Crippen LogP contribution in [0.4, 0.5) is 5.69 Å². The van der Waals surface area contributed by atoms with Gasteiger partial charge in [-0.3, -0.25) is 14.9 Å². The summed E-state index contributed by atoms with van der Waals surface area (Å²) in [6.45, 7) is 3.40. The van der Waals surface area contributed by atoms with Crippen LogP contribution >= 0.6 is 11.6 Å². The summed E-state index contributed by atoms with van der Waals surface area (Å²) in [6, 6.07) is 11.5. The normalized spacial score (nSPS) is 11.8. The molecule has 1 amide bonds. The fraction of sp³-hybridized carbons (Fsp3) is 0.188. The molecule has 0 radical (unpaired) electrons. The van der Waals surface area contributed by atoms with Crippen molar-refractivity contribution >= 4 is 23.2 Å². The van der Waals surface area contributed by atoms with Gasteiger partial charge in [0.15, 0.2) is 0 Å². The second-order valence-electron chi connectivity index (χ2n) is 4.98. The van der Waals surface area contributed by atoms with Crippen LogP contribution in [0.1, 0.15) is 34.5 Å². The highest BCUT2D eigenvalue weighted by Gasteiger charge is 2.23. The number of amides is 1. The molecule has 0 aliphatic rings. The molecule has 0 saturated heterocycles. The van der Waals surface area contributed by atoms with E-state index in [1.165, 1.54) is 6.07 Å². The fourth-order valence-corrected chi connectivity index (χ4v) is 2.42. The third-order valence-corrected chi connectivity index (χ3v) is 3.60. The number of nitrogens with one attached hydrogen (secondary N) is 1. The van der Waals surface area contributed by atoms with Gasteiger partial charge in [0.2, 0.25) is 0 Å². The minimum absolute atomic E-state index is 0.0545. The van der Waals surface area contributed by atoms with E-state index in [1.807, 2.05) is 6.07 Å². The monoisotopic (exact) mass is 318 g/mol. The summed E-state index contributed by atoms with van der Waals surface area (Å²) in [6.07, 6.45) is 0. The summed E-state index contributed by atoms with van der Waals surface area (Å²) in [5, 5.41) is 14.5. The Morgan fingerprint density at radius 3 is 2.59 bits per heavy atom. The van der Waals surface area contributed by atoms with Crippen LogP contribution in [0.3, 0.4) is 0 Å². The van der Waals surface area contributed by atoms with Crippen molar-refractivity contribution in [3.8, 4) is 0 Å². The lowest BCUT2D eigenvalue weighted by molar-refractivity contribution is -0.385. The van der Waals surface area contributed by atoms with Gasteiger partial charge in [0.05, 0.1) is 11.0 Å². The van der Waals surface area contributed by atoms with Gasteiger partial charge in [0, 0.05) is 10.6 Å². The average molecular weight is 319 g/mol. The number of aryl methyl sites for hydroxylation is 1. The van der Waals surface area contributed by atoms with Crippen LogP contribution in [0.15, 0.2) is 42.5 Å². The minimum atomic E-state index is -0.533. The number of halogens is 1. The van der Waals surface area contributed by atoms with Crippen LogP contribution < -0.4 is 5.32 Å². The van der Waals surface area contributed by atoms with E-state index in [0.717, 1.165) is 5.56 Å². The number of hydrogen-bond donors (Lipinski definition) is 1. The predicted molar refractivity (Wildman–Crippen MR) is 85.2 cm³/mol. The Balaban J connectivity index is 2.26. The van der Waals surface area contributed by atoms with E-state index in [9.17, 15) is 14.9 Å². The van der Waals surface area contributed by atoms with E-state index in [4.69, 9.17) is 11.6 Å². The topological polar surface area (TPSA) is 72.2 Å². The molecule has 1 unspecified atom stereocenters. The maximum atomic E-state index is 12.3. The number of nitro benzene ring substituents is 1. The molecule has 114 valence electrons. The summed E-state index contributed by atoms with van der Waals surface area (Å²) >= 11 is 5.93. The second-order valence-corrected chi connectivity index (χ2v) is 5.41. The molecule has 0 saturated carbocycles. The molecule has 0 heterocycles. The number of benzene rings is 2. The number of nitro groups is 1. The Labute approximate surface area is 133 Å². The summed E-state index contributed by atoms with van der Waals surface area (Å²) in [4.78, 5) is 23.0. The Bertz CT molecular complexity index is 731. The first-order valence-corrected chi connectivity index (χ1v) is 7.08. The Kier molecular flexibility index (Phi) is 4.78. The van der Waals surface area contributed by atoms with Crippen molar-refractivity contribution in [1.29, 1.82) is 0 Å². The molecular weight excluding hydrogens is 304 g/mol. The number of rotatable bonds is 4. The minimum Gasteiger partial charge on any atom is -0.345 e. The molecule has 1 atom stereocenters. The van der Waals surface area contributed by atoms with E-state index in [2.05, 4.69) is 5.32 Å². The van der Waals surface area contributed by atoms with Crippen LogP contribution in [0.5, 0.6) is 0 Å². The SMILES string of the molecule is Cc1cccc(C(=O)NC(C)c2cccc(Cl)c2)c1[N+](=O)[O-]. The molecular formula is C16H15ClN2O3. The number of nitrogens with zero attached hydrogens (tertiary/aromatic N) is 1. The highest BCUT2D eigenvalue weighted by atomic mass is 35.5. The van der Waals surface area contributed by atoms with Gasteiger partial charge >= 0.3 is 0 Å². The highest BCUT2D eigenvalue weighted by Crippen LogP contribution is 2.24. The van der Waals surface area contributed by atoms with Crippen LogP contribution in [0, 0.1) is 17.0 Å². The average Bonchev–Trinajstić information content (AvgIpc) is 2.46. The van der Waals surface area contributed by atoms with Crippen molar-refractivity contribution in [2.45, 2.75) is 19.9 Å². The molecule has 0 aliphatic carbocycles. The Morgan fingerprint density at radius 1 is 1.27 bits per heavy atom. The molecule has 0 spiro atoms. The smallest absolute Gasteiger partial charge is 0.285 e. The van der Waals surface area contributed by atoms with Crippen molar-refractivity contribution in [2.24, 2.45) is 0 Å². The molecule has 6 heteroatoms. The van der Waals surface area contributed by atoms with Gasteiger partial charge in [0.1, 0.15) is 5.56 Å². The van der Waals surface area contributed by atoms with Crippen LogP contribution in [0.25, 0.3) is 0 Å². The Hall–Kier alpha value is -2.40. The zero-order valence-corrected chi connectivity index (χ0v) is 12.9. The van der Waals surface area contributed by atoms with Gasteiger partial charge in [-0.25, -0.2) is 0 Å². The number of carbonyl (C=O) groups is 1. The van der Waals surface area contributed by atoms with Crippen molar-refractivity contribution < 1.29 is 9.72 Å². The van der Waals surface area contributed by atoms with Gasteiger partial charge in [-0.2, -0.15) is 0 Å². The molecule has 1 N–H and O–H groups in total. The van der Waals surface area contributed by atoms with Crippen LogP contribution in [-0.2, 0) is 0 Å². The first-order valence-electron chi connectivity index (χ1n) is 6.70. The van der Waals surface area contributed by atoms with Crippen molar-refractivity contribution in [3.05, 3.63) is 74.3 Å². The standard InChI is InChI=1S/C16H15ClN2O3/c1-10-5-3-8-14(15(10)19(21)22)16(20)18-11(2)12-6-4-7-13(17)9-12/h3-9,11H,1-2H3,(H,18,20). The van der Waals surface area contributed by atoms with E-state index in [0.29, 0.717) is 10.6 Å². The lowest BCUT2D eigenvalue weighted by Crippen LogP contribution is -2.27. The van der Waals surface area contributed by atoms with Gasteiger partial charge in [0.25, 0.3) is 11.6 Å². The first-order chi connectivity index (χ1) is 10.4. The zero-order chi connectivity index (χ0) is 16.3. The molecule has 22 heavy (non-hydrogen) atoms. The largest absolute Gasteiger partial charge is 0.345 e. The molecule has 0 bridgehead atoms. The van der Waals surface area contributed by atoms with Crippen molar-refractivity contribution in [1.82, 2.24) is 5.32 Å². The third kappa shape index (κ3) is 3.43. The van der Waals surface area contributed by atoms with E-state index in [1.54, 1.807) is 44.2 Å². The fourth-order valence-electron chi connectivity index (χ4n) is 2.22. The van der Waals surface area contributed by atoms with Gasteiger partial charge in [-0.15, -0.1) is 0 Å². The maximum absolute atomic E-state index is 12.3. The molecule has 0 fully saturated rings. The molecule has 2 aromatic rings. The van der Waals surface area contributed by atoms with Gasteiger partial charge < -0.3 is 5.32 Å². The van der Waals surface area contributed by atoms with Crippen molar-refractivity contribution in [3.63, 3.8) is 0 Å². The summed E-state index contributed by atoms with van der Waals surface area (Å²) in [7, 11) is 0. The Morgan fingerprint density at radius 2 is 1.95 bits per heavy atom. The molecule has 0 aromatic heterocycles. The van der Waals surface area contributed by atoms with Crippen LogP contribution in [-0.4, -0.2) is 10.8 Å². The summed E-state index contributed by atoms with van der Waals surface area (Å²) < 4.78 is 0. The summed E-state index contributed by atoms with van der Waals surface area (Å²) in [5.41, 5.74) is 1.17. The lowest BCUT2D eigenvalue weighted by Gasteiger charge is -2.15. The van der Waals surface area contributed by atoms with Gasteiger partial charge in [-0.05, 0) is 37.6 Å². The van der Waals surface area contributed by atoms with Gasteiger partial charge in [-0.1, -0.05) is 35.9 Å². The molecule has 2 rings (SSSR count). The number of hydrogen-bond acceptors (Lipinski definition) is 3. The van der Waals surface area contributed by atoms with Crippen molar-refractivity contribution in [2.75, 3.05) is 0 Å². The molecule has 5 nitrogen and oxygen atoms in total. The first kappa shape index (κ1) is 16.0. The predicted octanol–water partition coefficient (Wildman–Crippen LogP) is 4.05. The molecule has 0 aliphatic heterocycles. The zero-order valence-electron chi connectivity index (χ0n) is 12.2. The quantitative estimate of drug-likeness (QED) is 0.682. The molecule has 2 aromatic carbocycles. The highest BCUT2D eigenvalue weighted by molar-refractivity contribution is 6.30. The third-order valence-electron chi connectivity index (χ3n) is 3.36. The summed E-state index contributed by atoms with van der Waals surface area (Å²) in [5.74, 6) is -0.483. The lowest BCUT2D eigenvalue weighted by atomic mass is 10.1.